The molecule has 0 unspecified atom stereocenters. The standard InChI is InChI=1S/C24H23N3O4S/c1-29-19-11-10-17(13-20(19)30-2)22-24(27-23(26-22)16-7-4-3-5-8-16)32-15-21(28)25-14-18-9-6-12-31-18/h3-13H,14-15H2,1-2H3,(H,25,28)(H,26,27). The average Bonchev–Trinajstić information content (AvgIpc) is 3.51. The molecule has 0 radical (unpaired) electrons. The lowest BCUT2D eigenvalue weighted by molar-refractivity contribution is -0.118. The molecule has 0 aliphatic carbocycles. The second kappa shape index (κ2) is 10.1. The van der Waals surface area contributed by atoms with Crippen molar-refractivity contribution >= 4 is 17.7 Å². The van der Waals surface area contributed by atoms with Gasteiger partial charge in [0.25, 0.3) is 0 Å². The van der Waals surface area contributed by atoms with Crippen LogP contribution in [-0.2, 0) is 11.3 Å². The van der Waals surface area contributed by atoms with E-state index in [-0.39, 0.29) is 11.7 Å². The van der Waals surface area contributed by atoms with Crippen molar-refractivity contribution in [2.24, 2.45) is 0 Å². The summed E-state index contributed by atoms with van der Waals surface area (Å²) in [5.41, 5.74) is 2.66. The fraction of sp³-hybridized carbons (Fsp3) is 0.167. The van der Waals surface area contributed by atoms with E-state index in [9.17, 15) is 4.79 Å². The van der Waals surface area contributed by atoms with E-state index < -0.39 is 0 Å². The molecule has 2 N–H and O–H groups in total. The van der Waals surface area contributed by atoms with Gasteiger partial charge in [0.1, 0.15) is 16.6 Å². The number of nitrogens with one attached hydrogen (secondary N) is 2. The second-order valence-electron chi connectivity index (χ2n) is 6.85. The molecule has 0 fully saturated rings. The number of aromatic nitrogens is 2. The van der Waals surface area contributed by atoms with Gasteiger partial charge in [-0.05, 0) is 30.3 Å². The highest BCUT2D eigenvalue weighted by molar-refractivity contribution is 8.00. The summed E-state index contributed by atoms with van der Waals surface area (Å²) in [5.74, 6) is 2.82. The number of imidazole rings is 1. The van der Waals surface area contributed by atoms with Crippen molar-refractivity contribution in [3.05, 3.63) is 72.7 Å². The second-order valence-corrected chi connectivity index (χ2v) is 7.81. The van der Waals surface area contributed by atoms with Crippen LogP contribution in [0.15, 0.2) is 76.4 Å². The maximum absolute atomic E-state index is 12.4. The minimum absolute atomic E-state index is 0.103. The highest BCUT2D eigenvalue weighted by Crippen LogP contribution is 2.37. The molecule has 0 spiro atoms. The summed E-state index contributed by atoms with van der Waals surface area (Å²) in [7, 11) is 3.20. The number of carbonyl (C=O) groups excluding carboxylic acids is 1. The summed E-state index contributed by atoms with van der Waals surface area (Å²) in [6.07, 6.45) is 1.58. The Labute approximate surface area is 190 Å². The third-order valence-electron chi connectivity index (χ3n) is 4.77. The summed E-state index contributed by atoms with van der Waals surface area (Å²) >= 11 is 1.37. The fourth-order valence-corrected chi connectivity index (χ4v) is 4.00. The Morgan fingerprint density at radius 1 is 1.03 bits per heavy atom. The largest absolute Gasteiger partial charge is 0.493 e. The highest BCUT2D eigenvalue weighted by atomic mass is 32.2. The van der Waals surface area contributed by atoms with Gasteiger partial charge in [0, 0.05) is 11.1 Å². The van der Waals surface area contributed by atoms with E-state index in [0.29, 0.717) is 23.8 Å². The van der Waals surface area contributed by atoms with Crippen molar-refractivity contribution in [3.63, 3.8) is 0 Å². The third kappa shape index (κ3) is 4.97. The zero-order valence-electron chi connectivity index (χ0n) is 17.8. The maximum Gasteiger partial charge on any atom is 0.230 e. The van der Waals surface area contributed by atoms with Gasteiger partial charge in [0.15, 0.2) is 11.5 Å². The molecule has 1 amide bonds. The van der Waals surface area contributed by atoms with Crippen molar-refractivity contribution < 1.29 is 18.7 Å². The van der Waals surface area contributed by atoms with Gasteiger partial charge in [0.2, 0.25) is 5.91 Å². The Hall–Kier alpha value is -3.65. The number of hydrogen-bond acceptors (Lipinski definition) is 6. The Morgan fingerprint density at radius 2 is 1.84 bits per heavy atom. The molecule has 7 nitrogen and oxygen atoms in total. The predicted octanol–water partition coefficient (Wildman–Crippen LogP) is 4.76. The van der Waals surface area contributed by atoms with E-state index in [4.69, 9.17) is 18.9 Å². The zero-order chi connectivity index (χ0) is 22.3. The Morgan fingerprint density at radius 3 is 2.56 bits per heavy atom. The van der Waals surface area contributed by atoms with Crippen molar-refractivity contribution in [1.29, 1.82) is 0 Å². The number of thioether (sulfide) groups is 1. The van der Waals surface area contributed by atoms with Crippen LogP contribution < -0.4 is 14.8 Å². The number of aromatic amines is 1. The average molecular weight is 450 g/mol. The zero-order valence-corrected chi connectivity index (χ0v) is 18.6. The first-order chi connectivity index (χ1) is 15.7. The number of carbonyl (C=O) groups is 1. The van der Waals surface area contributed by atoms with Gasteiger partial charge in [-0.2, -0.15) is 0 Å². The summed E-state index contributed by atoms with van der Waals surface area (Å²) < 4.78 is 16.1. The molecule has 0 atom stereocenters. The van der Waals surface area contributed by atoms with Gasteiger partial charge in [-0.1, -0.05) is 42.1 Å². The number of rotatable bonds is 9. The van der Waals surface area contributed by atoms with Gasteiger partial charge in [0.05, 0.1) is 38.5 Å². The molecule has 4 aromatic rings. The van der Waals surface area contributed by atoms with Gasteiger partial charge >= 0.3 is 0 Å². The molecular weight excluding hydrogens is 426 g/mol. The number of ether oxygens (including phenoxy) is 2. The van der Waals surface area contributed by atoms with Crippen LogP contribution in [-0.4, -0.2) is 35.8 Å². The Balaban J connectivity index is 1.58. The first-order valence-electron chi connectivity index (χ1n) is 9.97. The quantitative estimate of drug-likeness (QED) is 0.358. The normalized spacial score (nSPS) is 10.7. The molecule has 164 valence electrons. The van der Waals surface area contributed by atoms with Gasteiger partial charge in [-0.25, -0.2) is 4.98 Å². The van der Waals surface area contributed by atoms with Crippen LogP contribution in [0.1, 0.15) is 5.76 Å². The maximum atomic E-state index is 12.4. The van der Waals surface area contributed by atoms with E-state index in [1.54, 1.807) is 26.5 Å². The van der Waals surface area contributed by atoms with Gasteiger partial charge in [-0.3, -0.25) is 4.79 Å². The molecule has 2 aromatic heterocycles. The number of hydrogen-bond donors (Lipinski definition) is 2. The smallest absolute Gasteiger partial charge is 0.230 e. The van der Waals surface area contributed by atoms with E-state index >= 15 is 0 Å². The molecule has 8 heteroatoms. The molecule has 32 heavy (non-hydrogen) atoms. The Kier molecular flexibility index (Phi) is 6.81. The topological polar surface area (TPSA) is 89.4 Å². The van der Waals surface area contributed by atoms with Crippen molar-refractivity contribution in [3.8, 4) is 34.1 Å². The number of amides is 1. The van der Waals surface area contributed by atoms with Crippen molar-refractivity contribution in [2.75, 3.05) is 20.0 Å². The minimum Gasteiger partial charge on any atom is -0.493 e. The number of nitrogens with zero attached hydrogens (tertiary/aromatic N) is 1. The molecule has 0 aliphatic heterocycles. The summed E-state index contributed by atoms with van der Waals surface area (Å²) in [4.78, 5) is 20.6. The van der Waals surface area contributed by atoms with Gasteiger partial charge < -0.3 is 24.2 Å². The van der Waals surface area contributed by atoms with Crippen LogP contribution in [0.5, 0.6) is 11.5 Å². The van der Waals surface area contributed by atoms with Crippen LogP contribution in [0.3, 0.4) is 0 Å². The van der Waals surface area contributed by atoms with Crippen LogP contribution in [0.2, 0.25) is 0 Å². The van der Waals surface area contributed by atoms with Crippen LogP contribution in [0, 0.1) is 0 Å². The Bertz CT molecular complexity index is 1170. The first-order valence-corrected chi connectivity index (χ1v) is 11.0. The fourth-order valence-electron chi connectivity index (χ4n) is 3.17. The summed E-state index contributed by atoms with van der Waals surface area (Å²) in [6.45, 7) is 0.352. The van der Waals surface area contributed by atoms with Crippen LogP contribution >= 0.6 is 11.8 Å². The number of benzene rings is 2. The molecular formula is C24H23N3O4S. The van der Waals surface area contributed by atoms with Crippen LogP contribution in [0.25, 0.3) is 22.6 Å². The third-order valence-corrected chi connectivity index (χ3v) is 5.75. The summed E-state index contributed by atoms with van der Waals surface area (Å²) in [5, 5.41) is 3.58. The van der Waals surface area contributed by atoms with Crippen molar-refractivity contribution in [2.45, 2.75) is 11.6 Å². The molecule has 2 heterocycles. The molecule has 0 aliphatic rings. The summed E-state index contributed by atoms with van der Waals surface area (Å²) in [6, 6.07) is 19.1. The first kappa shape index (κ1) is 21.6. The molecule has 0 saturated heterocycles. The van der Waals surface area contributed by atoms with Crippen LogP contribution in [0.4, 0.5) is 0 Å². The highest BCUT2D eigenvalue weighted by Gasteiger charge is 2.17. The molecule has 4 rings (SSSR count). The van der Waals surface area contributed by atoms with E-state index in [1.165, 1.54) is 11.8 Å². The minimum atomic E-state index is -0.103. The monoisotopic (exact) mass is 449 g/mol. The van der Waals surface area contributed by atoms with E-state index in [0.717, 1.165) is 27.7 Å². The SMILES string of the molecule is COc1ccc(-c2[nH]c(-c3ccccc3)nc2SCC(=O)NCc2ccco2)cc1OC. The molecule has 2 aromatic carbocycles. The molecule has 0 saturated carbocycles. The molecule has 0 bridgehead atoms. The van der Waals surface area contributed by atoms with Gasteiger partial charge in [-0.15, -0.1) is 0 Å². The van der Waals surface area contributed by atoms with Crippen molar-refractivity contribution in [1.82, 2.24) is 15.3 Å². The number of furan rings is 1. The predicted molar refractivity (Wildman–Crippen MR) is 124 cm³/mol. The number of methoxy groups -OCH3 is 2. The lowest BCUT2D eigenvalue weighted by Gasteiger charge is -2.09. The van der Waals surface area contributed by atoms with E-state index in [1.807, 2.05) is 54.6 Å². The van der Waals surface area contributed by atoms with E-state index in [2.05, 4.69) is 10.3 Å². The lowest BCUT2D eigenvalue weighted by atomic mass is 10.1. The number of H-pyrrole nitrogens is 1. The lowest BCUT2D eigenvalue weighted by Crippen LogP contribution is -2.24.